The molecule has 0 spiro atoms. The Hall–Kier alpha value is -2.22. The summed E-state index contributed by atoms with van der Waals surface area (Å²) >= 11 is 1.46. The molecule has 1 aliphatic rings. The normalized spacial score (nSPS) is 15.1. The lowest BCUT2D eigenvalue weighted by atomic mass is 10.1. The third-order valence-electron chi connectivity index (χ3n) is 4.65. The lowest BCUT2D eigenvalue weighted by Crippen LogP contribution is -2.47. The van der Waals surface area contributed by atoms with Crippen LogP contribution >= 0.6 is 11.8 Å². The van der Waals surface area contributed by atoms with E-state index in [1.807, 2.05) is 24.3 Å². The summed E-state index contributed by atoms with van der Waals surface area (Å²) in [7, 11) is 0. The number of hydrogen-bond donors (Lipinski definition) is 1. The molecular formula is C19H26N4O3S. The Bertz CT molecular complexity index is 799. The molecule has 1 aromatic carbocycles. The second-order valence-corrected chi connectivity index (χ2v) is 7.39. The maximum absolute atomic E-state index is 12.3. The minimum Gasteiger partial charge on any atom is -0.450 e. The van der Waals surface area contributed by atoms with Crippen LogP contribution in [0.25, 0.3) is 11.0 Å². The zero-order chi connectivity index (χ0) is 19.2. The Morgan fingerprint density at radius 1 is 1.26 bits per heavy atom. The van der Waals surface area contributed by atoms with Gasteiger partial charge in [0, 0.05) is 25.7 Å². The van der Waals surface area contributed by atoms with Crippen molar-refractivity contribution in [3.05, 3.63) is 24.3 Å². The van der Waals surface area contributed by atoms with Gasteiger partial charge in [-0.2, -0.15) is 0 Å². The number of aryl methyl sites for hydroxylation is 1. The van der Waals surface area contributed by atoms with Crippen LogP contribution < -0.4 is 5.32 Å². The van der Waals surface area contributed by atoms with Crippen LogP contribution in [0.1, 0.15) is 26.7 Å². The predicted molar refractivity (Wildman–Crippen MR) is 106 cm³/mol. The Balaban J connectivity index is 1.49. The van der Waals surface area contributed by atoms with Gasteiger partial charge in [-0.05, 0) is 38.8 Å². The van der Waals surface area contributed by atoms with E-state index < -0.39 is 0 Å². The molecule has 1 aliphatic heterocycles. The first-order valence-corrected chi connectivity index (χ1v) is 10.4. The number of nitrogens with one attached hydrogen (secondary N) is 1. The number of amides is 2. The predicted octanol–water partition coefficient (Wildman–Crippen LogP) is 2.89. The van der Waals surface area contributed by atoms with E-state index in [-0.39, 0.29) is 18.0 Å². The maximum Gasteiger partial charge on any atom is 0.409 e. The first-order valence-electron chi connectivity index (χ1n) is 9.41. The number of piperidine rings is 1. The smallest absolute Gasteiger partial charge is 0.409 e. The quantitative estimate of drug-likeness (QED) is 0.768. The molecule has 1 saturated heterocycles. The van der Waals surface area contributed by atoms with Crippen molar-refractivity contribution in [1.82, 2.24) is 19.8 Å². The third kappa shape index (κ3) is 4.74. The molecule has 2 heterocycles. The number of benzene rings is 1. The van der Waals surface area contributed by atoms with Gasteiger partial charge in [0.25, 0.3) is 0 Å². The molecule has 2 amide bonds. The second kappa shape index (κ2) is 9.12. The van der Waals surface area contributed by atoms with Crippen molar-refractivity contribution < 1.29 is 14.3 Å². The first kappa shape index (κ1) is 19.5. The van der Waals surface area contributed by atoms with Gasteiger partial charge in [-0.3, -0.25) is 4.79 Å². The summed E-state index contributed by atoms with van der Waals surface area (Å²) in [6.45, 7) is 6.31. The second-order valence-electron chi connectivity index (χ2n) is 6.44. The molecule has 0 bridgehead atoms. The summed E-state index contributed by atoms with van der Waals surface area (Å²) in [5, 5.41) is 3.94. The Kier molecular flexibility index (Phi) is 6.60. The fourth-order valence-corrected chi connectivity index (χ4v) is 4.18. The molecule has 0 saturated carbocycles. The fraction of sp³-hybridized carbons (Fsp3) is 0.526. The van der Waals surface area contributed by atoms with Gasteiger partial charge >= 0.3 is 6.09 Å². The van der Waals surface area contributed by atoms with Gasteiger partial charge in [-0.1, -0.05) is 23.9 Å². The zero-order valence-electron chi connectivity index (χ0n) is 15.8. The van der Waals surface area contributed by atoms with Crippen LogP contribution in [0.3, 0.4) is 0 Å². The number of carbonyl (C=O) groups is 2. The fourth-order valence-electron chi connectivity index (χ4n) is 3.29. The lowest BCUT2D eigenvalue weighted by molar-refractivity contribution is -0.119. The summed E-state index contributed by atoms with van der Waals surface area (Å²) < 4.78 is 7.15. The van der Waals surface area contributed by atoms with E-state index in [2.05, 4.69) is 21.8 Å². The molecule has 7 nitrogen and oxygen atoms in total. The summed E-state index contributed by atoms with van der Waals surface area (Å²) in [5.41, 5.74) is 2.04. The van der Waals surface area contributed by atoms with E-state index in [1.165, 1.54) is 11.8 Å². The third-order valence-corrected chi connectivity index (χ3v) is 5.63. The van der Waals surface area contributed by atoms with E-state index in [1.54, 1.807) is 11.8 Å². The van der Waals surface area contributed by atoms with Crippen molar-refractivity contribution in [2.24, 2.45) is 0 Å². The van der Waals surface area contributed by atoms with Gasteiger partial charge in [-0.25, -0.2) is 9.78 Å². The summed E-state index contributed by atoms with van der Waals surface area (Å²) in [6.07, 6.45) is 1.24. The number of carbonyl (C=O) groups excluding carboxylic acids is 2. The van der Waals surface area contributed by atoms with Crippen LogP contribution in [-0.4, -0.2) is 57.9 Å². The van der Waals surface area contributed by atoms with Crippen molar-refractivity contribution in [2.75, 3.05) is 25.4 Å². The molecule has 8 heteroatoms. The van der Waals surface area contributed by atoms with E-state index >= 15 is 0 Å². The Morgan fingerprint density at radius 3 is 2.70 bits per heavy atom. The van der Waals surface area contributed by atoms with Crippen LogP contribution in [0, 0.1) is 0 Å². The van der Waals surface area contributed by atoms with Crippen molar-refractivity contribution in [3.8, 4) is 0 Å². The van der Waals surface area contributed by atoms with Gasteiger partial charge in [0.2, 0.25) is 5.91 Å². The molecule has 3 rings (SSSR count). The van der Waals surface area contributed by atoms with Gasteiger partial charge < -0.3 is 19.5 Å². The highest BCUT2D eigenvalue weighted by Gasteiger charge is 2.24. The number of hydrogen-bond acceptors (Lipinski definition) is 5. The topological polar surface area (TPSA) is 76.5 Å². The van der Waals surface area contributed by atoms with Gasteiger partial charge in [0.15, 0.2) is 5.16 Å². The number of likely N-dealkylation sites (tertiary alicyclic amines) is 1. The van der Waals surface area contributed by atoms with E-state index in [0.717, 1.165) is 35.6 Å². The van der Waals surface area contributed by atoms with Crippen LogP contribution in [0.5, 0.6) is 0 Å². The van der Waals surface area contributed by atoms with Crippen molar-refractivity contribution in [1.29, 1.82) is 0 Å². The molecule has 2 aromatic rings. The van der Waals surface area contributed by atoms with Crippen molar-refractivity contribution in [2.45, 2.75) is 44.4 Å². The Morgan fingerprint density at radius 2 is 2.00 bits per heavy atom. The number of imidazole rings is 1. The first-order chi connectivity index (χ1) is 13.1. The molecule has 0 radical (unpaired) electrons. The molecule has 1 N–H and O–H groups in total. The molecule has 146 valence electrons. The zero-order valence-corrected chi connectivity index (χ0v) is 16.6. The molecule has 1 aromatic heterocycles. The number of thioether (sulfide) groups is 1. The number of nitrogens with zero attached hydrogens (tertiary/aromatic N) is 3. The van der Waals surface area contributed by atoms with Gasteiger partial charge in [-0.15, -0.1) is 0 Å². The molecule has 0 aliphatic carbocycles. The average molecular weight is 391 g/mol. The van der Waals surface area contributed by atoms with Crippen LogP contribution in [0.2, 0.25) is 0 Å². The van der Waals surface area contributed by atoms with Crippen LogP contribution in [0.15, 0.2) is 29.4 Å². The molecule has 0 atom stereocenters. The number of rotatable bonds is 6. The van der Waals surface area contributed by atoms with Crippen molar-refractivity contribution >= 4 is 34.8 Å². The van der Waals surface area contributed by atoms with E-state index in [0.29, 0.717) is 25.4 Å². The Labute approximate surface area is 163 Å². The lowest BCUT2D eigenvalue weighted by Gasteiger charge is -2.31. The van der Waals surface area contributed by atoms with E-state index in [9.17, 15) is 9.59 Å². The number of aromatic nitrogens is 2. The van der Waals surface area contributed by atoms with E-state index in [4.69, 9.17) is 4.74 Å². The van der Waals surface area contributed by atoms with Crippen LogP contribution in [-0.2, 0) is 16.1 Å². The summed E-state index contributed by atoms with van der Waals surface area (Å²) in [5.74, 6) is 0.339. The van der Waals surface area contributed by atoms with Gasteiger partial charge in [0.1, 0.15) is 0 Å². The minimum atomic E-state index is -0.267. The molecular weight excluding hydrogens is 364 g/mol. The number of ether oxygens (including phenoxy) is 1. The summed E-state index contributed by atoms with van der Waals surface area (Å²) in [6, 6.07) is 8.11. The van der Waals surface area contributed by atoms with Gasteiger partial charge in [0.05, 0.1) is 23.4 Å². The standard InChI is InChI=1S/C19H26N4O3S/c1-3-23-16-8-6-5-7-15(16)21-18(23)27-13-17(24)20-14-9-11-22(12-10-14)19(25)26-4-2/h5-8,14H,3-4,9-13H2,1-2H3,(H,20,24). The highest BCUT2D eigenvalue weighted by molar-refractivity contribution is 7.99. The minimum absolute atomic E-state index is 0.00398. The number of fused-ring (bicyclic) bond motifs is 1. The molecule has 0 unspecified atom stereocenters. The number of para-hydroxylation sites is 2. The highest BCUT2D eigenvalue weighted by Crippen LogP contribution is 2.24. The van der Waals surface area contributed by atoms with Crippen molar-refractivity contribution in [3.63, 3.8) is 0 Å². The van der Waals surface area contributed by atoms with Crippen LogP contribution in [0.4, 0.5) is 4.79 Å². The molecule has 27 heavy (non-hydrogen) atoms. The summed E-state index contributed by atoms with van der Waals surface area (Å²) in [4.78, 5) is 30.4. The monoisotopic (exact) mass is 390 g/mol. The maximum atomic E-state index is 12.3. The highest BCUT2D eigenvalue weighted by atomic mass is 32.2. The average Bonchev–Trinajstić information content (AvgIpc) is 3.04. The molecule has 1 fully saturated rings. The largest absolute Gasteiger partial charge is 0.450 e. The SMILES string of the molecule is CCOC(=O)N1CCC(NC(=O)CSc2nc3ccccc3n2CC)CC1.